The van der Waals surface area contributed by atoms with Crippen LogP contribution in [0.5, 0.6) is 0 Å². The van der Waals surface area contributed by atoms with E-state index in [1.165, 1.54) is 17.2 Å². The van der Waals surface area contributed by atoms with Crippen LogP contribution < -0.4 is 0 Å². The van der Waals surface area contributed by atoms with E-state index in [1.54, 1.807) is 14.0 Å². The highest BCUT2D eigenvalue weighted by Gasteiger charge is 2.25. The topological polar surface area (TPSA) is 47.9 Å². The molecule has 0 fully saturated rings. The molecule has 0 atom stereocenters. The first kappa shape index (κ1) is 21.6. The van der Waals surface area contributed by atoms with E-state index in [-0.39, 0.29) is 5.97 Å². The quantitative estimate of drug-likeness (QED) is 0.257. The van der Waals surface area contributed by atoms with Crippen molar-refractivity contribution < 1.29 is 14.4 Å². The number of hydrogen-bond acceptors (Lipinski definition) is 4. The summed E-state index contributed by atoms with van der Waals surface area (Å²) in [6, 6.07) is 22.9. The molecular formula is C28H27NO3. The molecule has 0 N–H and O–H groups in total. The molecule has 0 spiro atoms. The molecule has 4 nitrogen and oxygen atoms in total. The van der Waals surface area contributed by atoms with Gasteiger partial charge >= 0.3 is 5.97 Å². The van der Waals surface area contributed by atoms with Gasteiger partial charge in [0.25, 0.3) is 0 Å². The lowest BCUT2D eigenvalue weighted by Crippen LogP contribution is -2.13. The van der Waals surface area contributed by atoms with E-state index in [2.05, 4.69) is 53.7 Å². The Bertz CT molecular complexity index is 1210. The number of ether oxygens (including phenoxy) is 1. The molecule has 0 aliphatic heterocycles. The molecule has 0 aromatic heterocycles. The predicted molar refractivity (Wildman–Crippen MR) is 131 cm³/mol. The lowest BCUT2D eigenvalue weighted by Gasteiger charge is -2.25. The molecule has 32 heavy (non-hydrogen) atoms. The largest absolute Gasteiger partial charge is 0.463 e. The minimum Gasteiger partial charge on any atom is -0.463 e. The molecule has 3 aromatic rings. The fourth-order valence-electron chi connectivity index (χ4n) is 4.34. The second-order valence-corrected chi connectivity index (χ2v) is 7.63. The third-order valence-electron chi connectivity index (χ3n) is 5.65. The third-order valence-corrected chi connectivity index (χ3v) is 5.65. The van der Waals surface area contributed by atoms with Gasteiger partial charge in [0.15, 0.2) is 0 Å². The minimum absolute atomic E-state index is 0.349. The van der Waals surface area contributed by atoms with Gasteiger partial charge in [-0.3, -0.25) is 0 Å². The van der Waals surface area contributed by atoms with E-state index in [0.29, 0.717) is 6.61 Å². The van der Waals surface area contributed by atoms with E-state index < -0.39 is 0 Å². The SMILES string of the molecule is CCOC(=O)/C=C/c1ccc2ccccc2c1C1=C(c2ccccc2)CCC/C1=N\OC. The lowest BCUT2D eigenvalue weighted by molar-refractivity contribution is -0.137. The normalized spacial score (nSPS) is 15.5. The van der Waals surface area contributed by atoms with Crippen LogP contribution in [-0.4, -0.2) is 25.4 Å². The minimum atomic E-state index is -0.349. The number of benzene rings is 3. The van der Waals surface area contributed by atoms with Gasteiger partial charge in [-0.25, -0.2) is 4.79 Å². The average molecular weight is 426 g/mol. The number of hydrogen-bond donors (Lipinski definition) is 0. The van der Waals surface area contributed by atoms with Crippen molar-refractivity contribution in [2.75, 3.05) is 13.7 Å². The van der Waals surface area contributed by atoms with Crippen LogP contribution in [0.2, 0.25) is 0 Å². The molecule has 0 saturated carbocycles. The van der Waals surface area contributed by atoms with E-state index in [0.717, 1.165) is 52.4 Å². The second kappa shape index (κ2) is 10.1. The molecule has 3 aromatic carbocycles. The van der Waals surface area contributed by atoms with Crippen molar-refractivity contribution in [3.8, 4) is 0 Å². The molecule has 1 aliphatic rings. The summed E-state index contributed by atoms with van der Waals surface area (Å²) >= 11 is 0. The number of allylic oxidation sites excluding steroid dienone is 2. The molecule has 0 radical (unpaired) electrons. The summed E-state index contributed by atoms with van der Waals surface area (Å²) in [4.78, 5) is 17.3. The van der Waals surface area contributed by atoms with Crippen LogP contribution in [-0.2, 0) is 14.4 Å². The number of carbonyl (C=O) groups excluding carboxylic acids is 1. The van der Waals surface area contributed by atoms with E-state index >= 15 is 0 Å². The fourth-order valence-corrected chi connectivity index (χ4v) is 4.34. The lowest BCUT2D eigenvalue weighted by atomic mass is 9.79. The molecule has 0 bridgehead atoms. The zero-order chi connectivity index (χ0) is 22.3. The maximum atomic E-state index is 12.1. The summed E-state index contributed by atoms with van der Waals surface area (Å²) < 4.78 is 5.11. The Morgan fingerprint density at radius 2 is 1.78 bits per heavy atom. The molecule has 0 saturated heterocycles. The Hall–Kier alpha value is -3.66. The Morgan fingerprint density at radius 1 is 1.00 bits per heavy atom. The molecular weight excluding hydrogens is 398 g/mol. The van der Waals surface area contributed by atoms with Gasteiger partial charge in [0, 0.05) is 11.6 Å². The summed E-state index contributed by atoms with van der Waals surface area (Å²) in [5.41, 5.74) is 6.46. The Balaban J connectivity index is 2.03. The predicted octanol–water partition coefficient (Wildman–Crippen LogP) is 6.51. The number of oxime groups is 1. The van der Waals surface area contributed by atoms with Gasteiger partial charge < -0.3 is 9.57 Å². The van der Waals surface area contributed by atoms with E-state index in [1.807, 2.05) is 24.3 Å². The van der Waals surface area contributed by atoms with Gasteiger partial charge in [-0.15, -0.1) is 0 Å². The van der Waals surface area contributed by atoms with Gasteiger partial charge in [0.2, 0.25) is 0 Å². The van der Waals surface area contributed by atoms with E-state index in [4.69, 9.17) is 9.57 Å². The summed E-state index contributed by atoms with van der Waals surface area (Å²) in [5, 5.41) is 6.69. The molecule has 0 unspecified atom stereocenters. The van der Waals surface area contributed by atoms with Crippen LogP contribution in [0.25, 0.3) is 28.0 Å². The van der Waals surface area contributed by atoms with Crippen molar-refractivity contribution in [1.82, 2.24) is 0 Å². The Kier molecular flexibility index (Phi) is 6.81. The molecule has 4 heteroatoms. The van der Waals surface area contributed by atoms with Gasteiger partial charge in [-0.1, -0.05) is 71.9 Å². The molecule has 4 rings (SSSR count). The van der Waals surface area contributed by atoms with Gasteiger partial charge in [0.05, 0.1) is 12.3 Å². The summed E-state index contributed by atoms with van der Waals surface area (Å²) in [5.74, 6) is -0.349. The maximum Gasteiger partial charge on any atom is 0.330 e. The monoisotopic (exact) mass is 425 g/mol. The Labute approximate surface area is 188 Å². The molecule has 0 heterocycles. The third kappa shape index (κ3) is 4.50. The van der Waals surface area contributed by atoms with Crippen LogP contribution >= 0.6 is 0 Å². The zero-order valence-corrected chi connectivity index (χ0v) is 18.5. The first-order chi connectivity index (χ1) is 15.7. The smallest absolute Gasteiger partial charge is 0.330 e. The second-order valence-electron chi connectivity index (χ2n) is 7.63. The van der Waals surface area contributed by atoms with E-state index in [9.17, 15) is 4.79 Å². The van der Waals surface area contributed by atoms with Crippen molar-refractivity contribution in [2.24, 2.45) is 5.16 Å². The summed E-state index contributed by atoms with van der Waals surface area (Å²) in [6.07, 6.45) is 6.13. The number of nitrogens with zero attached hydrogens (tertiary/aromatic N) is 1. The number of fused-ring (bicyclic) bond motifs is 1. The van der Waals surface area contributed by atoms with Crippen molar-refractivity contribution >= 4 is 39.7 Å². The highest BCUT2D eigenvalue weighted by atomic mass is 16.6. The average Bonchev–Trinajstić information content (AvgIpc) is 2.83. The van der Waals surface area contributed by atoms with Crippen molar-refractivity contribution in [2.45, 2.75) is 26.2 Å². The Morgan fingerprint density at radius 3 is 2.56 bits per heavy atom. The van der Waals surface area contributed by atoms with Crippen LogP contribution in [0.15, 0.2) is 78.0 Å². The molecule has 0 amide bonds. The van der Waals surface area contributed by atoms with Crippen LogP contribution in [0.1, 0.15) is 42.9 Å². The highest BCUT2D eigenvalue weighted by molar-refractivity contribution is 6.34. The summed E-state index contributed by atoms with van der Waals surface area (Å²) in [6.45, 7) is 2.15. The van der Waals surface area contributed by atoms with Crippen molar-refractivity contribution in [1.29, 1.82) is 0 Å². The molecule has 1 aliphatic carbocycles. The standard InChI is InChI=1S/C28H27NO3/c1-3-32-26(30)19-18-22-17-16-21-12-7-8-13-23(21)27(22)28-24(20-10-5-4-6-11-20)14-9-15-25(28)29-31-2/h4-8,10-13,16-19H,3,9,14-15H2,1-2H3/b19-18+,29-25+. The zero-order valence-electron chi connectivity index (χ0n) is 18.5. The number of esters is 1. The van der Waals surface area contributed by atoms with Crippen molar-refractivity contribution in [3.05, 3.63) is 89.5 Å². The first-order valence-electron chi connectivity index (χ1n) is 11.0. The highest BCUT2D eigenvalue weighted by Crippen LogP contribution is 2.41. The van der Waals surface area contributed by atoms with Gasteiger partial charge in [-0.2, -0.15) is 0 Å². The van der Waals surface area contributed by atoms with Crippen LogP contribution in [0.3, 0.4) is 0 Å². The van der Waals surface area contributed by atoms with Crippen LogP contribution in [0.4, 0.5) is 0 Å². The summed E-state index contributed by atoms with van der Waals surface area (Å²) in [7, 11) is 1.59. The fraction of sp³-hybridized carbons (Fsp3) is 0.214. The molecule has 162 valence electrons. The van der Waals surface area contributed by atoms with Gasteiger partial charge in [0.1, 0.15) is 7.11 Å². The van der Waals surface area contributed by atoms with Crippen molar-refractivity contribution in [3.63, 3.8) is 0 Å². The number of rotatable bonds is 6. The maximum absolute atomic E-state index is 12.1. The van der Waals surface area contributed by atoms with Gasteiger partial charge in [-0.05, 0) is 65.3 Å². The van der Waals surface area contributed by atoms with Crippen LogP contribution in [0, 0.1) is 0 Å². The number of carbonyl (C=O) groups is 1. The first-order valence-corrected chi connectivity index (χ1v) is 11.0.